The van der Waals surface area contributed by atoms with E-state index in [1.807, 2.05) is 48.5 Å². The molecule has 0 spiro atoms. The smallest absolute Gasteiger partial charge is 0.326 e. The van der Waals surface area contributed by atoms with Crippen LogP contribution < -0.4 is 21.7 Å². The molecule has 238 valence electrons. The van der Waals surface area contributed by atoms with Crippen molar-refractivity contribution >= 4 is 45.5 Å². The number of fused-ring (bicyclic) bond motifs is 2. The summed E-state index contributed by atoms with van der Waals surface area (Å²) in [4.78, 5) is 58.8. The lowest BCUT2D eigenvalue weighted by atomic mass is 10.0. The zero-order valence-corrected chi connectivity index (χ0v) is 25.1. The summed E-state index contributed by atoms with van der Waals surface area (Å²) < 4.78 is 0. The molecule has 2 heterocycles. The van der Waals surface area contributed by atoms with Gasteiger partial charge in [0.05, 0.1) is 6.04 Å². The Morgan fingerprint density at radius 2 is 1.13 bits per heavy atom. The van der Waals surface area contributed by atoms with Gasteiger partial charge in [-0.05, 0) is 47.9 Å². The summed E-state index contributed by atoms with van der Waals surface area (Å²) in [6, 6.07) is 16.5. The van der Waals surface area contributed by atoms with Crippen LogP contribution in [0.3, 0.4) is 0 Å². The number of hydrogen-bond acceptors (Lipinski definition) is 6. The highest BCUT2D eigenvalue weighted by molar-refractivity contribution is 5.95. The number of aromatic hydroxyl groups is 1. The normalized spacial score (nSPS) is 13.9. The molecule has 3 aromatic carbocycles. The van der Waals surface area contributed by atoms with Crippen LogP contribution in [0.25, 0.3) is 21.8 Å². The topological polar surface area (TPSA) is 202 Å². The number of aromatic nitrogens is 2. The Balaban J connectivity index is 1.40. The van der Waals surface area contributed by atoms with Crippen LogP contribution in [0, 0.1) is 0 Å². The summed E-state index contributed by atoms with van der Waals surface area (Å²) >= 11 is 0. The summed E-state index contributed by atoms with van der Waals surface area (Å²) in [5, 5.41) is 29.5. The van der Waals surface area contributed by atoms with Crippen molar-refractivity contribution in [3.63, 3.8) is 0 Å². The Labute approximate surface area is 264 Å². The minimum atomic E-state index is -1.30. The first kappa shape index (κ1) is 31.8. The number of phenolic OH excluding ortho intramolecular Hbond substituents is 1. The highest BCUT2D eigenvalue weighted by Gasteiger charge is 2.31. The number of carbonyl (C=O) groups is 4. The van der Waals surface area contributed by atoms with Gasteiger partial charge in [0.2, 0.25) is 17.7 Å². The van der Waals surface area contributed by atoms with Crippen LogP contribution in [0.5, 0.6) is 5.75 Å². The van der Waals surface area contributed by atoms with Crippen molar-refractivity contribution in [2.45, 2.75) is 50.4 Å². The van der Waals surface area contributed by atoms with Crippen LogP contribution >= 0.6 is 0 Å². The lowest BCUT2D eigenvalue weighted by Gasteiger charge is -2.25. The molecule has 5 rings (SSSR count). The lowest BCUT2D eigenvalue weighted by Crippen LogP contribution is -2.58. The van der Waals surface area contributed by atoms with Crippen molar-refractivity contribution in [3.05, 3.63) is 102 Å². The van der Waals surface area contributed by atoms with Crippen LogP contribution in [-0.2, 0) is 38.4 Å². The number of amides is 3. The molecule has 9 N–H and O–H groups in total. The number of aliphatic carboxylic acids is 1. The minimum absolute atomic E-state index is 0.00139. The van der Waals surface area contributed by atoms with Gasteiger partial charge in [-0.2, -0.15) is 0 Å². The molecule has 12 nitrogen and oxygen atoms in total. The first-order valence-electron chi connectivity index (χ1n) is 14.9. The van der Waals surface area contributed by atoms with Gasteiger partial charge in [-0.15, -0.1) is 0 Å². The summed E-state index contributed by atoms with van der Waals surface area (Å²) in [7, 11) is 0. The van der Waals surface area contributed by atoms with Crippen molar-refractivity contribution in [1.29, 1.82) is 0 Å². The summed E-state index contributed by atoms with van der Waals surface area (Å²) in [6.45, 7) is 1.50. The minimum Gasteiger partial charge on any atom is -0.508 e. The number of aromatic amines is 2. The molecule has 12 heteroatoms. The second-order valence-corrected chi connectivity index (χ2v) is 11.3. The lowest BCUT2D eigenvalue weighted by molar-refractivity contribution is -0.142. The fourth-order valence-electron chi connectivity index (χ4n) is 5.37. The van der Waals surface area contributed by atoms with E-state index in [9.17, 15) is 29.4 Å². The molecule has 4 atom stereocenters. The van der Waals surface area contributed by atoms with Gasteiger partial charge >= 0.3 is 5.97 Å². The number of carboxylic acids is 1. The van der Waals surface area contributed by atoms with E-state index in [0.717, 1.165) is 27.4 Å². The number of carbonyl (C=O) groups excluding carboxylic acids is 3. The Morgan fingerprint density at radius 3 is 1.65 bits per heavy atom. The van der Waals surface area contributed by atoms with Gasteiger partial charge in [0.15, 0.2) is 0 Å². The van der Waals surface area contributed by atoms with Crippen LogP contribution in [0.15, 0.2) is 85.2 Å². The molecular weight excluding hydrogens is 588 g/mol. The molecule has 0 saturated heterocycles. The highest BCUT2D eigenvalue weighted by atomic mass is 16.4. The molecule has 0 aliphatic heterocycles. The standard InChI is InChI=1S/C34H36N6O6/c1-19(35)31(42)38-29(15-21-17-36-26-8-4-2-6-24(21)26)33(44)39-28(14-20-10-12-23(41)13-11-20)32(43)40-30(34(45)46)16-22-18-37-27-9-5-3-7-25(22)27/h2-13,17-19,28-30,36-37,41H,14-16,35H2,1H3,(H,38,42)(H,39,44)(H,40,43)(H,45,46). The maximum Gasteiger partial charge on any atom is 0.326 e. The molecule has 0 aliphatic carbocycles. The number of phenols is 1. The number of hydrogen-bond donors (Lipinski definition) is 8. The summed E-state index contributed by atoms with van der Waals surface area (Å²) in [5.74, 6) is -3.14. The van der Waals surface area contributed by atoms with E-state index in [-0.39, 0.29) is 25.0 Å². The van der Waals surface area contributed by atoms with E-state index in [1.54, 1.807) is 24.5 Å². The van der Waals surface area contributed by atoms with E-state index in [0.29, 0.717) is 11.1 Å². The van der Waals surface area contributed by atoms with Gasteiger partial charge in [0.1, 0.15) is 23.9 Å². The Morgan fingerprint density at radius 1 is 0.674 bits per heavy atom. The number of nitrogens with one attached hydrogen (secondary N) is 5. The average Bonchev–Trinajstić information content (AvgIpc) is 3.64. The third-order valence-electron chi connectivity index (χ3n) is 7.87. The zero-order valence-electron chi connectivity index (χ0n) is 25.1. The Kier molecular flexibility index (Phi) is 9.67. The number of benzene rings is 3. The van der Waals surface area contributed by atoms with Crippen molar-refractivity contribution < 1.29 is 29.4 Å². The Bertz CT molecular complexity index is 1860. The fourth-order valence-corrected chi connectivity index (χ4v) is 5.37. The van der Waals surface area contributed by atoms with Gasteiger partial charge < -0.3 is 41.9 Å². The maximum absolute atomic E-state index is 13.8. The quantitative estimate of drug-likeness (QED) is 0.0981. The van der Waals surface area contributed by atoms with Crippen LogP contribution in [-0.4, -0.2) is 68.0 Å². The van der Waals surface area contributed by atoms with Gasteiger partial charge in [0.25, 0.3) is 0 Å². The van der Waals surface area contributed by atoms with Crippen molar-refractivity contribution in [2.24, 2.45) is 5.73 Å². The molecule has 4 unspecified atom stereocenters. The molecule has 0 radical (unpaired) electrons. The van der Waals surface area contributed by atoms with Crippen molar-refractivity contribution in [2.75, 3.05) is 0 Å². The monoisotopic (exact) mass is 624 g/mol. The van der Waals surface area contributed by atoms with Crippen LogP contribution in [0.4, 0.5) is 0 Å². The summed E-state index contributed by atoms with van der Waals surface area (Å²) in [5.41, 5.74) is 9.57. The second kappa shape index (κ2) is 14.0. The second-order valence-electron chi connectivity index (χ2n) is 11.3. The van der Waals surface area contributed by atoms with Gasteiger partial charge in [0, 0.05) is 53.5 Å². The highest BCUT2D eigenvalue weighted by Crippen LogP contribution is 2.21. The predicted molar refractivity (Wildman–Crippen MR) is 173 cm³/mol. The average molecular weight is 625 g/mol. The SMILES string of the molecule is CC(N)C(=O)NC(Cc1c[nH]c2ccccc12)C(=O)NC(Cc1ccc(O)cc1)C(=O)NC(Cc1c[nH]c2ccccc12)C(=O)O. The van der Waals surface area contributed by atoms with E-state index >= 15 is 0 Å². The fraction of sp³-hybridized carbons (Fsp3) is 0.235. The van der Waals surface area contributed by atoms with Gasteiger partial charge in [-0.3, -0.25) is 14.4 Å². The largest absolute Gasteiger partial charge is 0.508 e. The molecule has 0 saturated carbocycles. The van der Waals surface area contributed by atoms with Crippen molar-refractivity contribution in [3.8, 4) is 5.75 Å². The first-order valence-corrected chi connectivity index (χ1v) is 14.9. The molecule has 3 amide bonds. The molecule has 2 aromatic heterocycles. The number of nitrogens with two attached hydrogens (primary N) is 1. The Hall–Kier alpha value is -5.62. The molecule has 0 bridgehead atoms. The molecule has 46 heavy (non-hydrogen) atoms. The van der Waals surface area contributed by atoms with E-state index in [2.05, 4.69) is 25.9 Å². The third kappa shape index (κ3) is 7.53. The number of para-hydroxylation sites is 2. The van der Waals surface area contributed by atoms with E-state index < -0.39 is 47.9 Å². The number of rotatable bonds is 13. The molecular formula is C34H36N6O6. The predicted octanol–water partition coefficient (Wildman–Crippen LogP) is 2.27. The molecule has 0 aliphatic rings. The zero-order chi connectivity index (χ0) is 32.8. The number of H-pyrrole nitrogens is 2. The van der Waals surface area contributed by atoms with Crippen molar-refractivity contribution in [1.82, 2.24) is 25.9 Å². The first-order chi connectivity index (χ1) is 22.1. The third-order valence-corrected chi connectivity index (χ3v) is 7.87. The molecule has 0 fully saturated rings. The van der Waals surface area contributed by atoms with Crippen LogP contribution in [0.1, 0.15) is 23.6 Å². The number of carboxylic acid groups (broad SMARTS) is 1. The van der Waals surface area contributed by atoms with Gasteiger partial charge in [-0.1, -0.05) is 48.5 Å². The van der Waals surface area contributed by atoms with Gasteiger partial charge in [-0.25, -0.2) is 4.79 Å². The molecule has 5 aromatic rings. The van der Waals surface area contributed by atoms with E-state index in [4.69, 9.17) is 5.73 Å². The van der Waals surface area contributed by atoms with Crippen LogP contribution in [0.2, 0.25) is 0 Å². The summed E-state index contributed by atoms with van der Waals surface area (Å²) in [6.07, 6.45) is 3.54. The van der Waals surface area contributed by atoms with E-state index in [1.165, 1.54) is 19.1 Å². The maximum atomic E-state index is 13.8.